The quantitative estimate of drug-likeness (QED) is 0.655. The van der Waals surface area contributed by atoms with Crippen LogP contribution in [0.3, 0.4) is 0 Å². The van der Waals surface area contributed by atoms with Gasteiger partial charge in [0.1, 0.15) is 12.6 Å². The summed E-state index contributed by atoms with van der Waals surface area (Å²) in [6.45, 7) is 0.946. The van der Waals surface area contributed by atoms with Gasteiger partial charge >= 0.3 is 5.97 Å². The first-order valence-electron chi connectivity index (χ1n) is 4.61. The third-order valence-electron chi connectivity index (χ3n) is 1.76. The first kappa shape index (κ1) is 14.8. The fourth-order valence-corrected chi connectivity index (χ4v) is 1.69. The van der Waals surface area contributed by atoms with Crippen molar-refractivity contribution in [3.63, 3.8) is 0 Å². The smallest absolute Gasteiger partial charge is 0.323 e. The third kappa shape index (κ3) is 5.59. The highest BCUT2D eigenvalue weighted by Gasteiger charge is 2.23. The maximum absolute atomic E-state index is 11.7. The van der Waals surface area contributed by atoms with Crippen LogP contribution in [0.15, 0.2) is 0 Å². The molecule has 1 unspecified atom stereocenters. The molecule has 0 bridgehead atoms. The Bertz CT molecular complexity index is 283. The normalized spacial score (nSPS) is 11.7. The van der Waals surface area contributed by atoms with Gasteiger partial charge < -0.3 is 15.3 Å². The number of carbonyl (C=O) groups excluding carboxylic acids is 2. The second-order valence-electron chi connectivity index (χ2n) is 3.30. The Hall–Kier alpha value is -1.24. The summed E-state index contributed by atoms with van der Waals surface area (Å²) < 4.78 is 0. The molecule has 0 radical (unpaired) electrons. The van der Waals surface area contributed by atoms with Crippen LogP contribution >= 0.6 is 11.8 Å². The average molecular weight is 248 g/mol. The average Bonchev–Trinajstić information content (AvgIpc) is 2.14. The van der Waals surface area contributed by atoms with Gasteiger partial charge in [-0.15, -0.1) is 0 Å². The van der Waals surface area contributed by atoms with E-state index in [0.717, 1.165) is 4.90 Å². The molecule has 0 spiro atoms. The molecular formula is C9H16N2O4S. The number of aliphatic carboxylic acids is 1. The van der Waals surface area contributed by atoms with Crippen molar-refractivity contribution in [2.75, 3.05) is 25.6 Å². The molecule has 0 saturated carbocycles. The maximum atomic E-state index is 11.7. The van der Waals surface area contributed by atoms with Gasteiger partial charge in [-0.3, -0.25) is 14.4 Å². The lowest BCUT2D eigenvalue weighted by Gasteiger charge is -2.22. The Kier molecular flexibility index (Phi) is 6.55. The summed E-state index contributed by atoms with van der Waals surface area (Å²) in [5, 5.41) is 11.0. The Morgan fingerprint density at radius 1 is 1.44 bits per heavy atom. The number of nitrogens with one attached hydrogen (secondary N) is 1. The predicted molar refractivity (Wildman–Crippen MR) is 61.3 cm³/mol. The van der Waals surface area contributed by atoms with Gasteiger partial charge in [-0.1, -0.05) is 0 Å². The van der Waals surface area contributed by atoms with Crippen LogP contribution in [0.1, 0.15) is 6.92 Å². The predicted octanol–water partition coefficient (Wildman–Crippen LogP) is -0.603. The number of thioether (sulfide) groups is 1. The standard InChI is InChI=1S/C9H16N2O4S/c1-6(12)10-7(5-16-3)9(15)11(2)4-8(13)14/h7H,4-5H2,1-3H3,(H,10,12)(H,13,14). The highest BCUT2D eigenvalue weighted by Crippen LogP contribution is 2.01. The van der Waals surface area contributed by atoms with Crippen molar-refractivity contribution in [3.8, 4) is 0 Å². The number of carboxylic acids is 1. The van der Waals surface area contributed by atoms with E-state index < -0.39 is 17.9 Å². The zero-order chi connectivity index (χ0) is 12.7. The molecule has 0 heterocycles. The van der Waals surface area contributed by atoms with Crippen molar-refractivity contribution in [1.82, 2.24) is 10.2 Å². The van der Waals surface area contributed by atoms with E-state index in [2.05, 4.69) is 5.32 Å². The third-order valence-corrected chi connectivity index (χ3v) is 2.42. The minimum Gasteiger partial charge on any atom is -0.480 e. The Morgan fingerprint density at radius 2 is 2.00 bits per heavy atom. The number of carboxylic acid groups (broad SMARTS) is 1. The Balaban J connectivity index is 4.46. The van der Waals surface area contributed by atoms with Gasteiger partial charge in [0.25, 0.3) is 0 Å². The summed E-state index contributed by atoms with van der Waals surface area (Å²) in [5.74, 6) is -1.37. The Labute approximate surface area is 98.4 Å². The maximum Gasteiger partial charge on any atom is 0.323 e. The molecule has 2 amide bonds. The zero-order valence-electron chi connectivity index (χ0n) is 9.52. The van der Waals surface area contributed by atoms with Crippen LogP contribution in [0.2, 0.25) is 0 Å². The first-order chi connectivity index (χ1) is 7.38. The van der Waals surface area contributed by atoms with Crippen LogP contribution in [-0.4, -0.2) is 59.4 Å². The van der Waals surface area contributed by atoms with Crippen molar-refractivity contribution in [2.24, 2.45) is 0 Å². The zero-order valence-corrected chi connectivity index (χ0v) is 10.3. The molecule has 6 nitrogen and oxygen atoms in total. The van der Waals surface area contributed by atoms with E-state index in [1.165, 1.54) is 25.7 Å². The molecule has 0 aliphatic heterocycles. The van der Waals surface area contributed by atoms with E-state index in [4.69, 9.17) is 5.11 Å². The second kappa shape index (κ2) is 7.10. The number of carbonyl (C=O) groups is 3. The monoisotopic (exact) mass is 248 g/mol. The summed E-state index contributed by atoms with van der Waals surface area (Å²) in [4.78, 5) is 34.1. The highest BCUT2D eigenvalue weighted by molar-refractivity contribution is 7.98. The summed E-state index contributed by atoms with van der Waals surface area (Å²) in [6.07, 6.45) is 1.80. The minimum atomic E-state index is -1.08. The van der Waals surface area contributed by atoms with Crippen LogP contribution in [-0.2, 0) is 14.4 Å². The SMILES string of the molecule is CSCC(NC(C)=O)C(=O)N(C)CC(=O)O. The van der Waals surface area contributed by atoms with E-state index in [1.54, 1.807) is 6.26 Å². The molecule has 0 aliphatic carbocycles. The molecule has 0 saturated heterocycles. The molecule has 2 N–H and O–H groups in total. The van der Waals surface area contributed by atoms with Crippen molar-refractivity contribution in [1.29, 1.82) is 0 Å². The topological polar surface area (TPSA) is 86.7 Å². The molecule has 0 fully saturated rings. The number of hydrogen-bond acceptors (Lipinski definition) is 4. The summed E-state index contributed by atoms with van der Waals surface area (Å²) in [5.41, 5.74) is 0. The van der Waals surface area contributed by atoms with Gasteiger partial charge in [-0.25, -0.2) is 0 Å². The molecule has 0 aromatic carbocycles. The minimum absolute atomic E-state index is 0.309. The van der Waals surface area contributed by atoms with E-state index in [-0.39, 0.29) is 12.5 Å². The summed E-state index contributed by atoms with van der Waals surface area (Å²) in [6, 6.07) is -0.670. The lowest BCUT2D eigenvalue weighted by atomic mass is 10.3. The van der Waals surface area contributed by atoms with Gasteiger partial charge in [0.05, 0.1) is 0 Å². The van der Waals surface area contributed by atoms with Gasteiger partial charge in [0, 0.05) is 19.7 Å². The number of nitrogens with zero attached hydrogens (tertiary/aromatic N) is 1. The number of hydrogen-bond donors (Lipinski definition) is 2. The largest absolute Gasteiger partial charge is 0.480 e. The van der Waals surface area contributed by atoms with Crippen LogP contribution < -0.4 is 5.32 Å². The molecule has 7 heteroatoms. The molecule has 16 heavy (non-hydrogen) atoms. The lowest BCUT2D eigenvalue weighted by molar-refractivity contribution is -0.144. The summed E-state index contributed by atoms with van der Waals surface area (Å²) in [7, 11) is 1.39. The van der Waals surface area contributed by atoms with Crippen LogP contribution in [0.5, 0.6) is 0 Å². The fourth-order valence-electron chi connectivity index (χ4n) is 1.13. The van der Waals surface area contributed by atoms with Crippen LogP contribution in [0.4, 0.5) is 0 Å². The van der Waals surface area contributed by atoms with Gasteiger partial charge in [-0.2, -0.15) is 11.8 Å². The van der Waals surface area contributed by atoms with E-state index >= 15 is 0 Å². The molecule has 92 valence electrons. The van der Waals surface area contributed by atoms with Crippen molar-refractivity contribution < 1.29 is 19.5 Å². The molecule has 0 rings (SSSR count). The summed E-state index contributed by atoms with van der Waals surface area (Å²) >= 11 is 1.41. The van der Waals surface area contributed by atoms with Gasteiger partial charge in [0.15, 0.2) is 0 Å². The number of likely N-dealkylation sites (N-methyl/N-ethyl adjacent to an activating group) is 1. The van der Waals surface area contributed by atoms with E-state index in [1.807, 2.05) is 0 Å². The number of rotatable bonds is 6. The van der Waals surface area contributed by atoms with Crippen molar-refractivity contribution in [3.05, 3.63) is 0 Å². The number of amides is 2. The Morgan fingerprint density at radius 3 is 2.38 bits per heavy atom. The molecular weight excluding hydrogens is 232 g/mol. The van der Waals surface area contributed by atoms with Gasteiger partial charge in [-0.05, 0) is 6.26 Å². The van der Waals surface area contributed by atoms with E-state index in [0.29, 0.717) is 5.75 Å². The van der Waals surface area contributed by atoms with Crippen molar-refractivity contribution >= 4 is 29.5 Å². The fraction of sp³-hybridized carbons (Fsp3) is 0.667. The van der Waals surface area contributed by atoms with Crippen molar-refractivity contribution in [2.45, 2.75) is 13.0 Å². The molecule has 0 aromatic heterocycles. The second-order valence-corrected chi connectivity index (χ2v) is 4.21. The highest BCUT2D eigenvalue weighted by atomic mass is 32.2. The molecule has 0 aliphatic rings. The first-order valence-corrected chi connectivity index (χ1v) is 6.00. The van der Waals surface area contributed by atoms with E-state index in [9.17, 15) is 14.4 Å². The van der Waals surface area contributed by atoms with Crippen LogP contribution in [0, 0.1) is 0 Å². The van der Waals surface area contributed by atoms with Crippen LogP contribution in [0.25, 0.3) is 0 Å². The van der Waals surface area contributed by atoms with Gasteiger partial charge in [0.2, 0.25) is 11.8 Å². The lowest BCUT2D eigenvalue weighted by Crippen LogP contribution is -2.49. The molecule has 1 atom stereocenters. The molecule has 0 aromatic rings.